The number of fused-ring (bicyclic) bond motifs is 1. The van der Waals surface area contributed by atoms with Crippen molar-refractivity contribution in [1.82, 2.24) is 0 Å². The van der Waals surface area contributed by atoms with Crippen LogP contribution in [-0.4, -0.2) is 11.4 Å². The Balaban J connectivity index is 1.74. The average molecular weight is 416 g/mol. The van der Waals surface area contributed by atoms with Crippen molar-refractivity contribution < 1.29 is 0 Å². The molecule has 0 amide bonds. The summed E-state index contributed by atoms with van der Waals surface area (Å²) >= 11 is 12.5. The van der Waals surface area contributed by atoms with Crippen LogP contribution in [0.2, 0.25) is 10.0 Å². The van der Waals surface area contributed by atoms with Gasteiger partial charge in [0.05, 0.1) is 28.0 Å². The fraction of sp³-hybridized carbons (Fsp3) is 0.381. The number of benzene rings is 2. The molecule has 5 nitrogen and oxygen atoms in total. The monoisotopic (exact) mass is 415 g/mol. The third kappa shape index (κ3) is 3.66. The van der Waals surface area contributed by atoms with Gasteiger partial charge in [0.15, 0.2) is 5.84 Å². The number of amidine groups is 1. The van der Waals surface area contributed by atoms with Gasteiger partial charge >= 0.3 is 0 Å². The van der Waals surface area contributed by atoms with Crippen LogP contribution in [0.5, 0.6) is 0 Å². The molecule has 0 saturated heterocycles. The number of azo groups is 1. The molecule has 1 heterocycles. The van der Waals surface area contributed by atoms with Crippen LogP contribution in [0.25, 0.3) is 0 Å². The van der Waals surface area contributed by atoms with Crippen LogP contribution in [0.3, 0.4) is 0 Å². The molecule has 7 heteroatoms. The van der Waals surface area contributed by atoms with Gasteiger partial charge < -0.3 is 0 Å². The molecule has 1 spiro atoms. The van der Waals surface area contributed by atoms with E-state index in [0.29, 0.717) is 28.1 Å². The van der Waals surface area contributed by atoms with E-state index in [2.05, 4.69) is 10.2 Å². The lowest BCUT2D eigenvalue weighted by Gasteiger charge is -2.44. The largest absolute Gasteiger partial charge is 0.295 e. The van der Waals surface area contributed by atoms with E-state index in [1.54, 1.807) is 17.1 Å². The Kier molecular flexibility index (Phi) is 5.67. The topological polar surface area (TPSA) is 66.3 Å². The van der Waals surface area contributed by atoms with Crippen molar-refractivity contribution >= 4 is 40.4 Å². The first-order valence-electron chi connectivity index (χ1n) is 9.65. The molecule has 0 radical (unpaired) electrons. The van der Waals surface area contributed by atoms with Gasteiger partial charge in [0, 0.05) is 0 Å². The van der Waals surface area contributed by atoms with Crippen molar-refractivity contribution in [2.75, 3.05) is 5.01 Å². The Labute approximate surface area is 175 Å². The van der Waals surface area contributed by atoms with Gasteiger partial charge in [0.1, 0.15) is 5.54 Å². The molecule has 146 valence electrons. The minimum absolute atomic E-state index is 0.454. The normalized spacial score (nSPS) is 18.8. The van der Waals surface area contributed by atoms with Crippen LogP contribution in [0.4, 0.5) is 11.4 Å². The third-order valence-electron chi connectivity index (χ3n) is 5.57. The SMILES string of the molecule is NN1c2cc(Cl)c(Cl)cc2N=C(N=NCc2ccccc2)C12CCCCCC2. The van der Waals surface area contributed by atoms with Gasteiger partial charge in [-0.15, -0.1) is 5.11 Å². The second kappa shape index (κ2) is 8.19. The first-order valence-corrected chi connectivity index (χ1v) is 10.4. The van der Waals surface area contributed by atoms with Crippen molar-refractivity contribution in [2.45, 2.75) is 50.6 Å². The van der Waals surface area contributed by atoms with Crippen molar-refractivity contribution in [1.29, 1.82) is 0 Å². The van der Waals surface area contributed by atoms with Crippen LogP contribution in [0.15, 0.2) is 57.7 Å². The number of hydrogen-bond donors (Lipinski definition) is 1. The number of nitrogens with zero attached hydrogens (tertiary/aromatic N) is 4. The summed E-state index contributed by atoms with van der Waals surface area (Å²) in [7, 11) is 0. The van der Waals surface area contributed by atoms with Crippen LogP contribution >= 0.6 is 23.2 Å². The lowest BCUT2D eigenvalue weighted by molar-refractivity contribution is 0.441. The fourth-order valence-corrected chi connectivity index (χ4v) is 4.34. The summed E-state index contributed by atoms with van der Waals surface area (Å²) < 4.78 is 0. The summed E-state index contributed by atoms with van der Waals surface area (Å²) in [5.74, 6) is 7.33. The minimum Gasteiger partial charge on any atom is -0.295 e. The summed E-state index contributed by atoms with van der Waals surface area (Å²) in [6.07, 6.45) is 6.34. The van der Waals surface area contributed by atoms with E-state index in [1.165, 1.54) is 12.8 Å². The molecule has 1 fully saturated rings. The summed E-state index contributed by atoms with van der Waals surface area (Å²) in [6.45, 7) is 0.509. The molecule has 2 aliphatic rings. The molecule has 1 saturated carbocycles. The zero-order valence-electron chi connectivity index (χ0n) is 15.6. The van der Waals surface area contributed by atoms with Crippen molar-refractivity contribution in [3.05, 3.63) is 58.1 Å². The molecular formula is C21H23Cl2N5. The Morgan fingerprint density at radius 3 is 2.39 bits per heavy atom. The summed E-state index contributed by atoms with van der Waals surface area (Å²) in [6, 6.07) is 13.6. The fourth-order valence-electron chi connectivity index (χ4n) is 4.03. The summed E-state index contributed by atoms with van der Waals surface area (Å²) in [5.41, 5.74) is 2.12. The van der Waals surface area contributed by atoms with Crippen molar-refractivity contribution in [3.63, 3.8) is 0 Å². The third-order valence-corrected chi connectivity index (χ3v) is 6.30. The molecule has 2 aromatic rings. The van der Waals surface area contributed by atoms with E-state index in [0.717, 1.165) is 36.9 Å². The van der Waals surface area contributed by atoms with Gasteiger partial charge in [-0.25, -0.2) is 10.8 Å². The standard InChI is InChI=1S/C21H23Cl2N5/c22-16-12-18-19(13-17(16)23)28(24)21(10-6-1-2-7-11-21)20(26-18)27-25-14-15-8-4-3-5-9-15/h3-5,8-9,12-13H,1-2,6-7,10-11,14,24H2. The van der Waals surface area contributed by atoms with Crippen LogP contribution in [0, 0.1) is 0 Å². The highest BCUT2D eigenvalue weighted by Crippen LogP contribution is 2.46. The maximum atomic E-state index is 6.67. The van der Waals surface area contributed by atoms with E-state index >= 15 is 0 Å². The second-order valence-corrected chi connectivity index (χ2v) is 8.21. The number of hydrogen-bond acceptors (Lipinski definition) is 5. The number of halogens is 2. The molecule has 0 unspecified atom stereocenters. The predicted molar refractivity (Wildman–Crippen MR) is 116 cm³/mol. The first-order chi connectivity index (χ1) is 13.6. The molecule has 28 heavy (non-hydrogen) atoms. The highest BCUT2D eigenvalue weighted by molar-refractivity contribution is 6.42. The van der Waals surface area contributed by atoms with Crippen molar-refractivity contribution in [3.8, 4) is 0 Å². The Bertz CT molecular complexity index is 903. The molecular weight excluding hydrogens is 393 g/mol. The van der Waals surface area contributed by atoms with Gasteiger partial charge in [-0.2, -0.15) is 5.11 Å². The Hall–Kier alpha value is -1.95. The molecule has 0 aromatic heterocycles. The van der Waals surface area contributed by atoms with E-state index in [1.807, 2.05) is 30.3 Å². The van der Waals surface area contributed by atoms with E-state index in [-0.39, 0.29) is 0 Å². The number of nitrogens with two attached hydrogens (primary N) is 1. The van der Waals surface area contributed by atoms with Gasteiger partial charge in [-0.1, -0.05) is 79.2 Å². The molecule has 1 aliphatic carbocycles. The summed E-state index contributed by atoms with van der Waals surface area (Å²) in [4.78, 5) is 4.84. The maximum absolute atomic E-state index is 6.67. The smallest absolute Gasteiger partial charge is 0.178 e. The molecule has 2 N–H and O–H groups in total. The van der Waals surface area contributed by atoms with Gasteiger partial charge in [-0.05, 0) is 30.5 Å². The predicted octanol–water partition coefficient (Wildman–Crippen LogP) is 6.46. The first kappa shape index (κ1) is 19.4. The van der Waals surface area contributed by atoms with Gasteiger partial charge in [0.2, 0.25) is 0 Å². The van der Waals surface area contributed by atoms with Crippen LogP contribution in [-0.2, 0) is 6.54 Å². The van der Waals surface area contributed by atoms with Crippen LogP contribution < -0.4 is 10.9 Å². The summed E-state index contributed by atoms with van der Waals surface area (Å²) in [5, 5.41) is 11.8. The zero-order valence-corrected chi connectivity index (χ0v) is 17.1. The Morgan fingerprint density at radius 1 is 1.00 bits per heavy atom. The molecule has 0 bridgehead atoms. The molecule has 1 aliphatic heterocycles. The number of hydrazine groups is 1. The van der Waals surface area contributed by atoms with Gasteiger partial charge in [0.25, 0.3) is 0 Å². The molecule has 2 aromatic carbocycles. The maximum Gasteiger partial charge on any atom is 0.178 e. The van der Waals surface area contributed by atoms with Gasteiger partial charge in [-0.3, -0.25) is 5.01 Å². The lowest BCUT2D eigenvalue weighted by atomic mass is 9.86. The number of anilines is 1. The molecule has 4 rings (SSSR count). The van der Waals surface area contributed by atoms with E-state index in [9.17, 15) is 0 Å². The van der Waals surface area contributed by atoms with Crippen LogP contribution in [0.1, 0.15) is 44.1 Å². The van der Waals surface area contributed by atoms with Crippen molar-refractivity contribution in [2.24, 2.45) is 21.1 Å². The zero-order chi connectivity index (χ0) is 19.6. The Morgan fingerprint density at radius 2 is 1.68 bits per heavy atom. The number of rotatable bonds is 2. The lowest BCUT2D eigenvalue weighted by Crippen LogP contribution is -2.59. The van der Waals surface area contributed by atoms with E-state index in [4.69, 9.17) is 34.0 Å². The highest BCUT2D eigenvalue weighted by atomic mass is 35.5. The average Bonchev–Trinajstić information content (AvgIpc) is 2.96. The number of aliphatic imine (C=N–C) groups is 1. The van der Waals surface area contributed by atoms with E-state index < -0.39 is 5.54 Å². The quantitative estimate of drug-likeness (QED) is 0.451. The molecule has 0 atom stereocenters. The second-order valence-electron chi connectivity index (χ2n) is 7.39. The minimum atomic E-state index is -0.457. The highest BCUT2D eigenvalue weighted by Gasteiger charge is 2.45.